The topological polar surface area (TPSA) is 101 Å². The number of fused-ring (bicyclic) bond motifs is 1. The maximum absolute atomic E-state index is 13.7. The van der Waals surface area contributed by atoms with E-state index in [0.717, 1.165) is 28.2 Å². The van der Waals surface area contributed by atoms with Crippen molar-refractivity contribution in [3.05, 3.63) is 96.7 Å². The second-order valence-corrected chi connectivity index (χ2v) is 10.6. The molecule has 1 N–H and O–H groups in total. The average molecular weight is 554 g/mol. The van der Waals surface area contributed by atoms with E-state index in [-0.39, 0.29) is 36.5 Å². The van der Waals surface area contributed by atoms with Crippen molar-refractivity contribution in [1.29, 1.82) is 0 Å². The Morgan fingerprint density at radius 3 is 2.46 bits per heavy atom. The molecule has 0 radical (unpaired) electrons. The minimum atomic E-state index is -0.352. The largest absolute Gasteiger partial charge is 0.472 e. The van der Waals surface area contributed by atoms with Crippen LogP contribution in [0.4, 0.5) is 0 Å². The van der Waals surface area contributed by atoms with Gasteiger partial charge in [-0.2, -0.15) is 0 Å². The van der Waals surface area contributed by atoms with E-state index in [1.54, 1.807) is 29.6 Å². The van der Waals surface area contributed by atoms with Crippen LogP contribution in [0.5, 0.6) is 17.4 Å². The van der Waals surface area contributed by atoms with Crippen molar-refractivity contribution in [1.82, 2.24) is 24.8 Å². The number of aliphatic hydroxyl groups excluding tert-OH is 1. The first-order valence-corrected chi connectivity index (χ1v) is 13.8. The van der Waals surface area contributed by atoms with Crippen LogP contribution in [0.15, 0.2) is 85.6 Å². The normalized spacial score (nSPS) is 17.8. The van der Waals surface area contributed by atoms with Crippen LogP contribution in [0.25, 0.3) is 11.1 Å². The van der Waals surface area contributed by atoms with Gasteiger partial charge < -0.3 is 19.5 Å². The van der Waals surface area contributed by atoms with E-state index in [1.807, 2.05) is 49.4 Å². The maximum Gasteiger partial charge on any atom is 0.259 e. The first-order valence-electron chi connectivity index (χ1n) is 13.8. The molecule has 0 saturated carbocycles. The van der Waals surface area contributed by atoms with Gasteiger partial charge in [0, 0.05) is 55.3 Å². The molecule has 3 heterocycles. The molecule has 0 spiro atoms. The first kappa shape index (κ1) is 28.2. The lowest BCUT2D eigenvalue weighted by atomic mass is 9.99. The summed E-state index contributed by atoms with van der Waals surface area (Å²) in [6, 6.07) is 19.2. The molecule has 41 heavy (non-hydrogen) atoms. The Balaban J connectivity index is 1.33. The summed E-state index contributed by atoms with van der Waals surface area (Å²) in [6.45, 7) is 5.56. The van der Waals surface area contributed by atoms with Crippen LogP contribution in [0.3, 0.4) is 0 Å². The van der Waals surface area contributed by atoms with Gasteiger partial charge >= 0.3 is 0 Å². The van der Waals surface area contributed by atoms with Gasteiger partial charge in [0.05, 0.1) is 12.6 Å². The molecule has 9 heteroatoms. The van der Waals surface area contributed by atoms with E-state index < -0.39 is 0 Å². The van der Waals surface area contributed by atoms with Gasteiger partial charge in [-0.15, -0.1) is 0 Å². The SMILES string of the molecule is C[C@H]1CN([C@@H](C)CO)C(=O)c2cc(-c3cncnc3)cnc2O[C@H]1CN(C)Cc1ccc(Oc2ccccc2)cc1. The Morgan fingerprint density at radius 1 is 1.05 bits per heavy atom. The van der Waals surface area contributed by atoms with Crippen LogP contribution in [0.1, 0.15) is 29.8 Å². The maximum atomic E-state index is 13.7. The third-order valence-electron chi connectivity index (χ3n) is 7.26. The molecule has 0 saturated heterocycles. The van der Waals surface area contributed by atoms with Gasteiger partial charge in [0.1, 0.15) is 29.5 Å². The predicted molar refractivity (Wildman–Crippen MR) is 156 cm³/mol. The molecule has 1 amide bonds. The number of hydrogen-bond acceptors (Lipinski definition) is 8. The summed E-state index contributed by atoms with van der Waals surface area (Å²) in [4.78, 5) is 30.3. The lowest BCUT2D eigenvalue weighted by Gasteiger charge is -2.37. The number of para-hydroxylation sites is 1. The van der Waals surface area contributed by atoms with Crippen molar-refractivity contribution >= 4 is 5.91 Å². The number of aromatic nitrogens is 3. The molecular formula is C32H35N5O4. The average Bonchev–Trinajstić information content (AvgIpc) is 3.00. The summed E-state index contributed by atoms with van der Waals surface area (Å²) < 4.78 is 12.4. The zero-order chi connectivity index (χ0) is 28.8. The predicted octanol–water partition coefficient (Wildman–Crippen LogP) is 4.68. The summed E-state index contributed by atoms with van der Waals surface area (Å²) in [6.07, 6.45) is 6.26. The summed E-state index contributed by atoms with van der Waals surface area (Å²) in [7, 11) is 2.05. The number of rotatable bonds is 9. The van der Waals surface area contributed by atoms with E-state index >= 15 is 0 Å². The summed E-state index contributed by atoms with van der Waals surface area (Å²) in [5, 5.41) is 9.94. The van der Waals surface area contributed by atoms with E-state index in [2.05, 4.69) is 46.0 Å². The van der Waals surface area contributed by atoms with Crippen LogP contribution in [0.2, 0.25) is 0 Å². The van der Waals surface area contributed by atoms with E-state index in [0.29, 0.717) is 25.2 Å². The Hall–Kier alpha value is -4.34. The molecule has 2 aromatic carbocycles. The highest BCUT2D eigenvalue weighted by molar-refractivity contribution is 5.98. The number of nitrogens with zero attached hydrogens (tertiary/aromatic N) is 5. The van der Waals surface area contributed by atoms with Crippen LogP contribution in [0, 0.1) is 5.92 Å². The van der Waals surface area contributed by atoms with Gasteiger partial charge in [-0.25, -0.2) is 15.0 Å². The minimum absolute atomic E-state index is 0.00537. The second-order valence-electron chi connectivity index (χ2n) is 10.6. The number of pyridine rings is 1. The molecule has 9 nitrogen and oxygen atoms in total. The van der Waals surface area contributed by atoms with Crippen LogP contribution >= 0.6 is 0 Å². The lowest BCUT2D eigenvalue weighted by molar-refractivity contribution is 0.0325. The number of benzene rings is 2. The van der Waals surface area contributed by atoms with Crippen molar-refractivity contribution in [2.75, 3.05) is 26.7 Å². The number of carbonyl (C=O) groups excluding carboxylic acids is 1. The number of ether oxygens (including phenoxy) is 2. The van der Waals surface area contributed by atoms with Gasteiger partial charge in [0.25, 0.3) is 5.91 Å². The number of amides is 1. The zero-order valence-electron chi connectivity index (χ0n) is 23.6. The Kier molecular flexibility index (Phi) is 8.86. The highest BCUT2D eigenvalue weighted by Crippen LogP contribution is 2.30. The summed E-state index contributed by atoms with van der Waals surface area (Å²) in [5.74, 6) is 1.65. The highest BCUT2D eigenvalue weighted by Gasteiger charge is 2.34. The van der Waals surface area contributed by atoms with E-state index in [4.69, 9.17) is 9.47 Å². The Morgan fingerprint density at radius 2 is 1.76 bits per heavy atom. The van der Waals surface area contributed by atoms with Crippen LogP contribution in [-0.2, 0) is 6.54 Å². The fourth-order valence-electron chi connectivity index (χ4n) is 4.90. The molecule has 1 aliphatic rings. The number of hydrogen-bond donors (Lipinski definition) is 1. The van der Waals surface area contributed by atoms with E-state index in [9.17, 15) is 9.90 Å². The molecule has 1 aliphatic heterocycles. The molecule has 4 aromatic rings. The van der Waals surface area contributed by atoms with Gasteiger partial charge in [-0.3, -0.25) is 9.69 Å². The van der Waals surface area contributed by atoms with Crippen molar-refractivity contribution < 1.29 is 19.4 Å². The zero-order valence-corrected chi connectivity index (χ0v) is 23.6. The lowest BCUT2D eigenvalue weighted by Crippen LogP contribution is -2.49. The molecule has 0 unspecified atom stereocenters. The number of likely N-dealkylation sites (N-methyl/N-ethyl adjacent to an activating group) is 1. The van der Waals surface area contributed by atoms with Crippen molar-refractivity contribution in [3.8, 4) is 28.5 Å². The van der Waals surface area contributed by atoms with Crippen LogP contribution < -0.4 is 9.47 Å². The third-order valence-corrected chi connectivity index (χ3v) is 7.26. The molecule has 0 aliphatic carbocycles. The van der Waals surface area contributed by atoms with Gasteiger partial charge in [-0.05, 0) is 49.9 Å². The Labute approximate surface area is 240 Å². The minimum Gasteiger partial charge on any atom is -0.472 e. The van der Waals surface area contributed by atoms with E-state index in [1.165, 1.54) is 6.33 Å². The quantitative estimate of drug-likeness (QED) is 0.319. The van der Waals surface area contributed by atoms with Crippen molar-refractivity contribution in [2.45, 2.75) is 32.5 Å². The highest BCUT2D eigenvalue weighted by atomic mass is 16.5. The van der Waals surface area contributed by atoms with Gasteiger partial charge in [0.2, 0.25) is 5.88 Å². The summed E-state index contributed by atoms with van der Waals surface area (Å²) in [5.41, 5.74) is 2.98. The molecule has 0 bridgehead atoms. The number of aliphatic hydroxyl groups is 1. The molecule has 212 valence electrons. The fourth-order valence-corrected chi connectivity index (χ4v) is 4.90. The standard InChI is InChI=1S/C32H35N5O4/c1-22-17-37(23(2)20-38)32(39)29-13-25(26-14-33-21-34-15-26)16-35-31(29)41-30(22)19-36(3)18-24-9-11-28(12-10-24)40-27-7-5-4-6-8-27/h4-16,21-23,30,38H,17-20H2,1-3H3/t22-,23-,30-/m0/s1. The molecule has 2 aromatic heterocycles. The van der Waals surface area contributed by atoms with Crippen molar-refractivity contribution in [2.24, 2.45) is 5.92 Å². The second kappa shape index (κ2) is 12.9. The molecular weight excluding hydrogens is 518 g/mol. The molecule has 3 atom stereocenters. The van der Waals surface area contributed by atoms with Gasteiger partial charge in [0.15, 0.2) is 0 Å². The first-order chi connectivity index (χ1) is 19.9. The van der Waals surface area contributed by atoms with Crippen molar-refractivity contribution in [3.63, 3.8) is 0 Å². The fraction of sp³-hybridized carbons (Fsp3) is 0.312. The Bertz CT molecular complexity index is 1440. The van der Waals surface area contributed by atoms with Crippen LogP contribution in [-0.4, -0.2) is 74.7 Å². The third kappa shape index (κ3) is 6.87. The van der Waals surface area contributed by atoms with Gasteiger partial charge in [-0.1, -0.05) is 37.3 Å². The monoisotopic (exact) mass is 553 g/mol. The summed E-state index contributed by atoms with van der Waals surface area (Å²) >= 11 is 0. The molecule has 0 fully saturated rings. The molecule has 5 rings (SSSR count). The smallest absolute Gasteiger partial charge is 0.259 e. The number of carbonyl (C=O) groups is 1.